The van der Waals surface area contributed by atoms with Gasteiger partial charge in [-0.2, -0.15) is 15.5 Å². The van der Waals surface area contributed by atoms with Gasteiger partial charge in [0.05, 0.1) is 29.7 Å². The van der Waals surface area contributed by atoms with Crippen molar-refractivity contribution in [3.63, 3.8) is 0 Å². The van der Waals surface area contributed by atoms with E-state index in [9.17, 15) is 23.6 Å². The molecule has 2 saturated heterocycles. The molecule has 3 aromatic heterocycles. The number of rotatable bonds is 7. The maximum atomic E-state index is 13.9. The van der Waals surface area contributed by atoms with Crippen LogP contribution < -0.4 is 5.32 Å². The summed E-state index contributed by atoms with van der Waals surface area (Å²) in [5.74, 6) is -0.535. The summed E-state index contributed by atoms with van der Waals surface area (Å²) < 4.78 is 30.9. The maximum Gasteiger partial charge on any atom is 0.284 e. The Morgan fingerprint density at radius 2 is 1.90 bits per heavy atom. The molecule has 2 amide bonds. The van der Waals surface area contributed by atoms with Crippen LogP contribution in [0.25, 0.3) is 11.3 Å². The summed E-state index contributed by atoms with van der Waals surface area (Å²) in [6, 6.07) is 7.53. The number of halogens is 2. The molecule has 0 aromatic carbocycles. The number of hydrogen-bond donors (Lipinski definition) is 1. The first-order chi connectivity index (χ1) is 19.8. The summed E-state index contributed by atoms with van der Waals surface area (Å²) in [5, 5.41) is 20.6. The lowest BCUT2D eigenvalue weighted by Gasteiger charge is -2.47. The Bertz CT molecular complexity index is 1490. The number of carbonyl (C=O) groups is 2. The monoisotopic (exact) mass is 563 g/mol. The standard InChI is InChI=1S/C28H31F2N9O2/c1-18(40)36-10-6-20(7-11-36)37-14-21(15-37)38-16-24(25(35-38)26(29)30)34-27(41)23-5-2-4-22(33-23)19-12-32-39(13-19)28(17-31)8-3-9-28/h2,4-5,12-13,16,20-21,26H,3,6-11,14-15H2,1H3,(H,34,41). The number of amides is 2. The Morgan fingerprint density at radius 1 is 1.15 bits per heavy atom. The predicted molar refractivity (Wildman–Crippen MR) is 144 cm³/mol. The second-order valence-electron chi connectivity index (χ2n) is 11.1. The molecule has 5 heterocycles. The van der Waals surface area contributed by atoms with Crippen LogP contribution in [0, 0.1) is 11.3 Å². The Balaban J connectivity index is 1.12. The Kier molecular flexibility index (Phi) is 7.03. The third kappa shape index (κ3) is 5.08. The van der Waals surface area contributed by atoms with Crippen LogP contribution >= 0.6 is 0 Å². The summed E-state index contributed by atoms with van der Waals surface area (Å²) in [6.07, 6.45) is 6.18. The molecular formula is C28H31F2N9O2. The first-order valence-corrected chi connectivity index (χ1v) is 13.9. The molecule has 11 nitrogen and oxygen atoms in total. The van der Waals surface area contributed by atoms with Gasteiger partial charge in [-0.1, -0.05) is 6.07 Å². The van der Waals surface area contributed by atoms with Crippen LogP contribution in [0.15, 0.2) is 36.8 Å². The number of likely N-dealkylation sites (tertiary alicyclic amines) is 2. The van der Waals surface area contributed by atoms with Crippen LogP contribution in [0.3, 0.4) is 0 Å². The van der Waals surface area contributed by atoms with Crippen molar-refractivity contribution in [1.29, 1.82) is 5.26 Å². The fourth-order valence-corrected chi connectivity index (χ4v) is 5.85. The highest BCUT2D eigenvalue weighted by atomic mass is 19.3. The van der Waals surface area contributed by atoms with Gasteiger partial charge in [-0.15, -0.1) is 0 Å². The molecule has 0 radical (unpaired) electrons. The third-order valence-electron chi connectivity index (χ3n) is 8.59. The minimum atomic E-state index is -2.86. The summed E-state index contributed by atoms with van der Waals surface area (Å²) in [4.78, 5) is 33.2. The highest BCUT2D eigenvalue weighted by molar-refractivity contribution is 6.03. The zero-order valence-electron chi connectivity index (χ0n) is 22.7. The van der Waals surface area contributed by atoms with Gasteiger partial charge in [-0.05, 0) is 44.2 Å². The zero-order chi connectivity index (χ0) is 28.7. The number of nitrogens with one attached hydrogen (secondary N) is 1. The lowest BCUT2D eigenvalue weighted by Crippen LogP contribution is -2.56. The smallest absolute Gasteiger partial charge is 0.284 e. The Labute approximate surface area is 235 Å². The van der Waals surface area contributed by atoms with Crippen molar-refractivity contribution in [3.05, 3.63) is 48.2 Å². The van der Waals surface area contributed by atoms with Crippen molar-refractivity contribution >= 4 is 17.5 Å². The SMILES string of the molecule is CC(=O)N1CCC(N2CC(n3cc(NC(=O)c4cccc(-c5cnn(C6(C#N)CCC6)c5)n4)c(C(F)F)n3)C2)CC1. The van der Waals surface area contributed by atoms with E-state index in [-0.39, 0.29) is 23.3 Å². The highest BCUT2D eigenvalue weighted by Gasteiger charge is 2.40. The van der Waals surface area contributed by atoms with E-state index in [0.717, 1.165) is 45.2 Å². The normalized spacial score (nSPS) is 19.4. The molecule has 6 rings (SSSR count). The van der Waals surface area contributed by atoms with Gasteiger partial charge in [-0.3, -0.25) is 23.9 Å². The molecule has 0 atom stereocenters. The maximum absolute atomic E-state index is 13.9. The van der Waals surface area contributed by atoms with E-state index < -0.39 is 23.6 Å². The quantitative estimate of drug-likeness (QED) is 0.466. The highest BCUT2D eigenvalue weighted by Crippen LogP contribution is 2.39. The average Bonchev–Trinajstić information content (AvgIpc) is 3.56. The van der Waals surface area contributed by atoms with E-state index in [1.807, 2.05) is 4.90 Å². The van der Waals surface area contributed by atoms with Crippen molar-refractivity contribution < 1.29 is 18.4 Å². The number of hydrogen-bond acceptors (Lipinski definition) is 7. The molecule has 3 aliphatic rings. The van der Waals surface area contributed by atoms with E-state index in [4.69, 9.17) is 0 Å². The molecular weight excluding hydrogens is 532 g/mol. The van der Waals surface area contributed by atoms with E-state index in [1.165, 1.54) is 16.9 Å². The topological polar surface area (TPSA) is 125 Å². The molecule has 13 heteroatoms. The number of carbonyl (C=O) groups excluding carboxylic acids is 2. The van der Waals surface area contributed by atoms with Crippen molar-refractivity contribution in [1.82, 2.24) is 34.3 Å². The molecule has 1 N–H and O–H groups in total. The fourth-order valence-electron chi connectivity index (χ4n) is 5.85. The molecule has 3 aromatic rings. The number of piperidine rings is 1. The second kappa shape index (κ2) is 10.7. The van der Waals surface area contributed by atoms with Gasteiger partial charge >= 0.3 is 0 Å². The predicted octanol–water partition coefficient (Wildman–Crippen LogP) is 3.60. The van der Waals surface area contributed by atoms with Gasteiger partial charge in [0.15, 0.2) is 5.69 Å². The summed E-state index contributed by atoms with van der Waals surface area (Å²) in [5.41, 5.74) is 0.0523. The van der Waals surface area contributed by atoms with E-state index in [0.29, 0.717) is 30.4 Å². The van der Waals surface area contributed by atoms with E-state index in [1.54, 1.807) is 36.1 Å². The molecule has 3 fully saturated rings. The summed E-state index contributed by atoms with van der Waals surface area (Å²) in [6.45, 7) is 4.39. The number of nitriles is 1. The summed E-state index contributed by atoms with van der Waals surface area (Å²) >= 11 is 0. The first kappa shape index (κ1) is 27.0. The van der Waals surface area contributed by atoms with Crippen molar-refractivity contribution in [2.45, 2.75) is 63.1 Å². The lowest BCUT2D eigenvalue weighted by molar-refractivity contribution is -0.130. The Hall–Kier alpha value is -4.18. The number of aromatic nitrogens is 5. The van der Waals surface area contributed by atoms with Crippen LogP contribution in [0.2, 0.25) is 0 Å². The number of alkyl halides is 2. The molecule has 214 valence electrons. The molecule has 41 heavy (non-hydrogen) atoms. The van der Waals surface area contributed by atoms with Gasteiger partial charge in [0, 0.05) is 57.1 Å². The number of nitrogens with zero attached hydrogens (tertiary/aromatic N) is 8. The minimum absolute atomic E-state index is 0.0424. The van der Waals surface area contributed by atoms with Crippen LogP contribution in [0.4, 0.5) is 14.5 Å². The average molecular weight is 564 g/mol. The largest absolute Gasteiger partial charge is 0.343 e. The van der Waals surface area contributed by atoms with Crippen LogP contribution in [-0.4, -0.2) is 78.4 Å². The van der Waals surface area contributed by atoms with E-state index in [2.05, 4.69) is 31.5 Å². The molecule has 1 saturated carbocycles. The summed E-state index contributed by atoms with van der Waals surface area (Å²) in [7, 11) is 0. The molecule has 2 aliphatic heterocycles. The van der Waals surface area contributed by atoms with Gasteiger partial charge in [0.25, 0.3) is 12.3 Å². The van der Waals surface area contributed by atoms with Crippen LogP contribution in [-0.2, 0) is 10.3 Å². The second-order valence-corrected chi connectivity index (χ2v) is 11.1. The van der Waals surface area contributed by atoms with Gasteiger partial charge < -0.3 is 10.2 Å². The van der Waals surface area contributed by atoms with Gasteiger partial charge in [0.1, 0.15) is 11.2 Å². The first-order valence-electron chi connectivity index (χ1n) is 13.9. The van der Waals surface area contributed by atoms with Crippen molar-refractivity contribution in [2.24, 2.45) is 0 Å². The molecule has 1 aliphatic carbocycles. The van der Waals surface area contributed by atoms with Crippen LogP contribution in [0.5, 0.6) is 0 Å². The fraction of sp³-hybridized carbons (Fsp3) is 0.500. The van der Waals surface area contributed by atoms with Crippen molar-refractivity contribution in [3.8, 4) is 17.3 Å². The number of pyridine rings is 1. The number of anilines is 1. The van der Waals surface area contributed by atoms with Crippen molar-refractivity contribution in [2.75, 3.05) is 31.5 Å². The minimum Gasteiger partial charge on any atom is -0.343 e. The van der Waals surface area contributed by atoms with Gasteiger partial charge in [0.2, 0.25) is 5.91 Å². The Morgan fingerprint density at radius 3 is 2.54 bits per heavy atom. The van der Waals surface area contributed by atoms with Crippen LogP contribution in [0.1, 0.15) is 67.7 Å². The molecule has 0 unspecified atom stereocenters. The molecule has 0 spiro atoms. The zero-order valence-corrected chi connectivity index (χ0v) is 22.7. The third-order valence-corrected chi connectivity index (χ3v) is 8.59. The van der Waals surface area contributed by atoms with Gasteiger partial charge in [-0.25, -0.2) is 13.8 Å². The lowest BCUT2D eigenvalue weighted by atomic mass is 9.78. The van der Waals surface area contributed by atoms with E-state index >= 15 is 0 Å². The molecule has 0 bridgehead atoms.